The molecular formula is C12H21N3O3. The number of hydrogen-bond donors (Lipinski definition) is 1. The van der Waals surface area contributed by atoms with Crippen LogP contribution in [0.15, 0.2) is 0 Å². The number of nitrogens with two attached hydrogens (primary N) is 1. The summed E-state index contributed by atoms with van der Waals surface area (Å²) in [6, 6.07) is 0.0425. The summed E-state index contributed by atoms with van der Waals surface area (Å²) in [5, 5.41) is 0. The normalized spacial score (nSPS) is 12.8. The molecule has 0 saturated carbocycles. The third kappa shape index (κ3) is 2.64. The van der Waals surface area contributed by atoms with E-state index in [1.807, 2.05) is 11.5 Å². The van der Waals surface area contributed by atoms with Gasteiger partial charge in [0.05, 0.1) is 19.8 Å². The molecular weight excluding hydrogens is 234 g/mol. The minimum atomic E-state index is -0.519. The first kappa shape index (κ1) is 14.5. The number of rotatable bonds is 5. The fraction of sp³-hybridized carbons (Fsp3) is 0.667. The van der Waals surface area contributed by atoms with E-state index < -0.39 is 5.97 Å². The van der Waals surface area contributed by atoms with Gasteiger partial charge in [0, 0.05) is 7.11 Å². The molecule has 0 aliphatic rings. The van der Waals surface area contributed by atoms with Crippen LogP contribution < -0.4 is 5.73 Å². The summed E-state index contributed by atoms with van der Waals surface area (Å²) in [7, 11) is 2.95. The number of esters is 1. The van der Waals surface area contributed by atoms with Gasteiger partial charge in [-0.15, -0.1) is 0 Å². The number of carbonyl (C=O) groups excluding carboxylic acids is 1. The van der Waals surface area contributed by atoms with Crippen molar-refractivity contribution in [3.05, 3.63) is 11.5 Å². The van der Waals surface area contributed by atoms with Crippen LogP contribution in [0.4, 0.5) is 5.82 Å². The topological polar surface area (TPSA) is 79.4 Å². The van der Waals surface area contributed by atoms with Gasteiger partial charge >= 0.3 is 5.97 Å². The second-order valence-corrected chi connectivity index (χ2v) is 4.52. The maximum Gasteiger partial charge on any atom is 0.360 e. The average Bonchev–Trinajstić information content (AvgIpc) is 2.61. The number of aromatic nitrogens is 2. The molecule has 1 atom stereocenters. The molecule has 18 heavy (non-hydrogen) atoms. The number of ether oxygens (including phenoxy) is 2. The molecule has 2 N–H and O–H groups in total. The Balaban J connectivity index is 3.23. The van der Waals surface area contributed by atoms with Crippen LogP contribution in [0.2, 0.25) is 0 Å². The highest BCUT2D eigenvalue weighted by molar-refractivity contribution is 5.92. The van der Waals surface area contributed by atoms with Crippen molar-refractivity contribution >= 4 is 11.8 Å². The molecule has 0 amide bonds. The first-order valence-electron chi connectivity index (χ1n) is 5.85. The van der Waals surface area contributed by atoms with Crippen LogP contribution in [0.25, 0.3) is 0 Å². The molecule has 1 aromatic rings. The smallest absolute Gasteiger partial charge is 0.360 e. The molecule has 0 saturated heterocycles. The molecule has 6 heteroatoms. The molecule has 0 aromatic carbocycles. The van der Waals surface area contributed by atoms with Gasteiger partial charge in [-0.3, -0.25) is 0 Å². The molecule has 0 fully saturated rings. The highest BCUT2D eigenvalue weighted by Gasteiger charge is 2.25. The lowest BCUT2D eigenvalue weighted by atomic mass is 10.0. The lowest BCUT2D eigenvalue weighted by molar-refractivity contribution is 0.0595. The fourth-order valence-corrected chi connectivity index (χ4v) is 1.96. The molecule has 6 nitrogen and oxygen atoms in total. The molecule has 0 bridgehead atoms. The Hall–Kier alpha value is -1.56. The summed E-state index contributed by atoms with van der Waals surface area (Å²) < 4.78 is 11.7. The van der Waals surface area contributed by atoms with Crippen LogP contribution >= 0.6 is 0 Å². The van der Waals surface area contributed by atoms with E-state index in [1.54, 1.807) is 7.11 Å². The molecule has 0 radical (unpaired) electrons. The molecule has 1 heterocycles. The maximum absolute atomic E-state index is 11.5. The Labute approximate surface area is 107 Å². The van der Waals surface area contributed by atoms with Gasteiger partial charge in [0.15, 0.2) is 5.69 Å². The second kappa shape index (κ2) is 5.86. The zero-order valence-electron chi connectivity index (χ0n) is 11.6. The molecule has 0 aliphatic heterocycles. The van der Waals surface area contributed by atoms with Gasteiger partial charge in [-0.25, -0.2) is 9.78 Å². The Morgan fingerprint density at radius 1 is 1.44 bits per heavy atom. The molecule has 0 spiro atoms. The van der Waals surface area contributed by atoms with Crippen LogP contribution in [-0.2, 0) is 9.47 Å². The van der Waals surface area contributed by atoms with E-state index in [0.717, 1.165) is 0 Å². The van der Waals surface area contributed by atoms with Crippen molar-refractivity contribution in [3.63, 3.8) is 0 Å². The summed E-state index contributed by atoms with van der Waals surface area (Å²) in [6.07, 6.45) is 0. The summed E-state index contributed by atoms with van der Waals surface area (Å²) >= 11 is 0. The number of hydrogen-bond acceptors (Lipinski definition) is 5. The first-order chi connectivity index (χ1) is 8.43. The molecule has 1 unspecified atom stereocenters. The largest absolute Gasteiger partial charge is 0.464 e. The van der Waals surface area contributed by atoms with Crippen LogP contribution in [0, 0.1) is 12.8 Å². The zero-order valence-corrected chi connectivity index (χ0v) is 11.6. The molecule has 1 aromatic heterocycles. The monoisotopic (exact) mass is 255 g/mol. The Kier molecular flexibility index (Phi) is 4.72. The summed E-state index contributed by atoms with van der Waals surface area (Å²) in [5.41, 5.74) is 6.16. The predicted molar refractivity (Wildman–Crippen MR) is 68.5 cm³/mol. The highest BCUT2D eigenvalue weighted by atomic mass is 16.5. The number of methoxy groups -OCH3 is 2. The first-order valence-corrected chi connectivity index (χ1v) is 5.85. The van der Waals surface area contributed by atoms with Crippen molar-refractivity contribution in [1.82, 2.24) is 9.55 Å². The van der Waals surface area contributed by atoms with Crippen molar-refractivity contribution in [2.24, 2.45) is 5.92 Å². The van der Waals surface area contributed by atoms with Crippen LogP contribution in [0.3, 0.4) is 0 Å². The SMILES string of the molecule is COCC(C(C)C)n1c(C)nc(C(=O)OC)c1N. The number of nitrogens with zero attached hydrogens (tertiary/aromatic N) is 2. The minimum absolute atomic E-state index is 0.0425. The Bertz CT molecular complexity index is 426. The number of nitrogen functional groups attached to an aromatic ring is 1. The highest BCUT2D eigenvalue weighted by Crippen LogP contribution is 2.26. The van der Waals surface area contributed by atoms with Crippen LogP contribution in [0.5, 0.6) is 0 Å². The quantitative estimate of drug-likeness (QED) is 0.804. The minimum Gasteiger partial charge on any atom is -0.464 e. The van der Waals surface area contributed by atoms with E-state index in [0.29, 0.717) is 24.2 Å². The van der Waals surface area contributed by atoms with E-state index in [9.17, 15) is 4.79 Å². The zero-order chi connectivity index (χ0) is 13.9. The van der Waals surface area contributed by atoms with E-state index in [2.05, 4.69) is 23.6 Å². The maximum atomic E-state index is 11.5. The fourth-order valence-electron chi connectivity index (χ4n) is 1.96. The van der Waals surface area contributed by atoms with Gasteiger partial charge in [0.1, 0.15) is 11.6 Å². The third-order valence-electron chi connectivity index (χ3n) is 2.94. The van der Waals surface area contributed by atoms with Gasteiger partial charge in [0.25, 0.3) is 0 Å². The van der Waals surface area contributed by atoms with E-state index in [-0.39, 0.29) is 11.7 Å². The lowest BCUT2D eigenvalue weighted by Crippen LogP contribution is -2.23. The third-order valence-corrected chi connectivity index (χ3v) is 2.94. The van der Waals surface area contributed by atoms with Gasteiger partial charge < -0.3 is 19.8 Å². The number of aryl methyl sites for hydroxylation is 1. The van der Waals surface area contributed by atoms with E-state index >= 15 is 0 Å². The second-order valence-electron chi connectivity index (χ2n) is 4.52. The van der Waals surface area contributed by atoms with E-state index in [1.165, 1.54) is 7.11 Å². The summed E-state index contributed by atoms with van der Waals surface area (Å²) in [5.74, 6) is 0.804. The van der Waals surface area contributed by atoms with Gasteiger partial charge in [-0.2, -0.15) is 0 Å². The van der Waals surface area contributed by atoms with Crippen molar-refractivity contribution in [2.45, 2.75) is 26.8 Å². The van der Waals surface area contributed by atoms with Crippen LogP contribution in [0.1, 0.15) is 36.2 Å². The Morgan fingerprint density at radius 2 is 2.06 bits per heavy atom. The van der Waals surface area contributed by atoms with Crippen LogP contribution in [-0.4, -0.2) is 36.3 Å². The molecule has 102 valence electrons. The van der Waals surface area contributed by atoms with Gasteiger partial charge in [0.2, 0.25) is 0 Å². The summed E-state index contributed by atoms with van der Waals surface area (Å²) in [6.45, 7) is 6.47. The lowest BCUT2D eigenvalue weighted by Gasteiger charge is -2.24. The Morgan fingerprint density at radius 3 is 2.50 bits per heavy atom. The van der Waals surface area contributed by atoms with Crippen molar-refractivity contribution < 1.29 is 14.3 Å². The number of carbonyl (C=O) groups is 1. The van der Waals surface area contributed by atoms with Crippen molar-refractivity contribution in [2.75, 3.05) is 26.6 Å². The average molecular weight is 255 g/mol. The molecule has 1 rings (SSSR count). The van der Waals surface area contributed by atoms with Crippen molar-refractivity contribution in [1.29, 1.82) is 0 Å². The standard InChI is InChI=1S/C12H21N3O3/c1-7(2)9(6-17-4)15-8(3)14-10(11(15)13)12(16)18-5/h7,9H,6,13H2,1-5H3. The van der Waals surface area contributed by atoms with E-state index in [4.69, 9.17) is 10.5 Å². The number of imidazole rings is 1. The van der Waals surface area contributed by atoms with Crippen molar-refractivity contribution in [3.8, 4) is 0 Å². The number of anilines is 1. The predicted octanol–water partition coefficient (Wildman–Crippen LogP) is 1.40. The van der Waals surface area contributed by atoms with Gasteiger partial charge in [-0.1, -0.05) is 13.8 Å². The summed E-state index contributed by atoms with van der Waals surface area (Å²) in [4.78, 5) is 15.7. The molecule has 0 aliphatic carbocycles. The van der Waals surface area contributed by atoms with Gasteiger partial charge in [-0.05, 0) is 12.8 Å².